The predicted molar refractivity (Wildman–Crippen MR) is 86.5 cm³/mol. The maximum absolute atomic E-state index is 11.6. The van der Waals surface area contributed by atoms with Gasteiger partial charge in [-0.05, 0) is 45.1 Å². The van der Waals surface area contributed by atoms with E-state index in [-0.39, 0.29) is 5.41 Å². The molecule has 1 heterocycles. The molecule has 3 aliphatic rings. The van der Waals surface area contributed by atoms with E-state index in [1.54, 1.807) is 0 Å². The number of hydrogen-bond donors (Lipinski definition) is 0. The number of rotatable bonds is 3. The standard InChI is InChI=1S/C19H28O3/c1-14-9-10-19(21-11-12-22-19)18(2,3)17(14)8-7-15-5-4-6-16(20)13-15/h13H,4-12H2,1-3H3. The molecule has 1 aliphatic heterocycles. The normalized spacial score (nSPS) is 27.4. The van der Waals surface area contributed by atoms with Crippen molar-refractivity contribution in [3.8, 4) is 0 Å². The summed E-state index contributed by atoms with van der Waals surface area (Å²) in [6, 6.07) is 0. The summed E-state index contributed by atoms with van der Waals surface area (Å²) in [7, 11) is 0. The summed E-state index contributed by atoms with van der Waals surface area (Å²) in [6.07, 6.45) is 8.73. The lowest BCUT2D eigenvalue weighted by Crippen LogP contribution is -2.49. The first-order valence-electron chi connectivity index (χ1n) is 8.64. The number of carbonyl (C=O) groups excluding carboxylic acids is 1. The number of hydrogen-bond acceptors (Lipinski definition) is 3. The van der Waals surface area contributed by atoms with Gasteiger partial charge in [-0.15, -0.1) is 0 Å². The summed E-state index contributed by atoms with van der Waals surface area (Å²) in [5.41, 5.74) is 4.18. The third kappa shape index (κ3) is 2.69. The molecule has 0 unspecified atom stereocenters. The van der Waals surface area contributed by atoms with Gasteiger partial charge in [0.1, 0.15) is 0 Å². The smallest absolute Gasteiger partial charge is 0.177 e. The average molecular weight is 304 g/mol. The van der Waals surface area contributed by atoms with Crippen LogP contribution in [0.1, 0.15) is 65.7 Å². The number of ketones is 1. The van der Waals surface area contributed by atoms with Gasteiger partial charge >= 0.3 is 0 Å². The van der Waals surface area contributed by atoms with Crippen LogP contribution in [0.2, 0.25) is 0 Å². The summed E-state index contributed by atoms with van der Waals surface area (Å²) in [5.74, 6) is -0.132. The van der Waals surface area contributed by atoms with Crippen molar-refractivity contribution in [2.75, 3.05) is 13.2 Å². The number of ether oxygens (including phenoxy) is 2. The Balaban J connectivity index is 1.77. The zero-order valence-corrected chi connectivity index (χ0v) is 14.2. The van der Waals surface area contributed by atoms with E-state index in [4.69, 9.17) is 9.47 Å². The average Bonchev–Trinajstić information content (AvgIpc) is 2.94. The second-order valence-corrected chi connectivity index (χ2v) is 7.46. The Morgan fingerprint density at radius 1 is 1.09 bits per heavy atom. The van der Waals surface area contributed by atoms with Crippen LogP contribution in [-0.4, -0.2) is 24.8 Å². The van der Waals surface area contributed by atoms with E-state index in [9.17, 15) is 4.79 Å². The van der Waals surface area contributed by atoms with Crippen LogP contribution >= 0.6 is 0 Å². The maximum atomic E-state index is 11.6. The van der Waals surface area contributed by atoms with E-state index in [0.717, 1.165) is 44.9 Å². The van der Waals surface area contributed by atoms with Crippen LogP contribution in [0.3, 0.4) is 0 Å². The van der Waals surface area contributed by atoms with Crippen LogP contribution in [0, 0.1) is 5.41 Å². The lowest BCUT2D eigenvalue weighted by molar-refractivity contribution is -0.225. The zero-order valence-electron chi connectivity index (χ0n) is 14.2. The topological polar surface area (TPSA) is 35.5 Å². The van der Waals surface area contributed by atoms with Gasteiger partial charge < -0.3 is 9.47 Å². The molecule has 122 valence electrons. The van der Waals surface area contributed by atoms with Crippen LogP contribution in [-0.2, 0) is 14.3 Å². The van der Waals surface area contributed by atoms with E-state index >= 15 is 0 Å². The van der Waals surface area contributed by atoms with E-state index in [2.05, 4.69) is 20.8 Å². The van der Waals surface area contributed by atoms with Gasteiger partial charge in [0.25, 0.3) is 0 Å². The highest BCUT2D eigenvalue weighted by molar-refractivity contribution is 5.91. The quantitative estimate of drug-likeness (QED) is 0.728. The number of allylic oxidation sites excluding steroid dienone is 3. The highest BCUT2D eigenvalue weighted by Gasteiger charge is 2.53. The summed E-state index contributed by atoms with van der Waals surface area (Å²) < 4.78 is 12.1. The molecule has 1 spiro atoms. The predicted octanol–water partition coefficient (Wildman–Crippen LogP) is 4.33. The fourth-order valence-electron chi connectivity index (χ4n) is 4.41. The Hall–Kier alpha value is -0.930. The van der Waals surface area contributed by atoms with Crippen molar-refractivity contribution in [3.63, 3.8) is 0 Å². The molecule has 3 heteroatoms. The minimum atomic E-state index is -0.432. The maximum Gasteiger partial charge on any atom is 0.177 e. The summed E-state index contributed by atoms with van der Waals surface area (Å²) in [6.45, 7) is 8.18. The Kier molecular flexibility index (Phi) is 4.30. The molecule has 1 fully saturated rings. The summed E-state index contributed by atoms with van der Waals surface area (Å²) >= 11 is 0. The van der Waals surface area contributed by atoms with Crippen LogP contribution in [0.25, 0.3) is 0 Å². The van der Waals surface area contributed by atoms with Gasteiger partial charge in [-0.1, -0.05) is 30.6 Å². The minimum absolute atomic E-state index is 0.0922. The number of carbonyl (C=O) groups is 1. The molecule has 1 saturated heterocycles. The summed E-state index contributed by atoms with van der Waals surface area (Å²) in [4.78, 5) is 11.6. The molecule has 2 aliphatic carbocycles. The first kappa shape index (κ1) is 15.9. The fourth-order valence-corrected chi connectivity index (χ4v) is 4.41. The molecule has 3 nitrogen and oxygen atoms in total. The minimum Gasteiger partial charge on any atom is -0.347 e. The van der Waals surface area contributed by atoms with Gasteiger partial charge in [0.2, 0.25) is 0 Å². The lowest BCUT2D eigenvalue weighted by atomic mass is 9.66. The van der Waals surface area contributed by atoms with Crippen LogP contribution in [0.4, 0.5) is 0 Å². The van der Waals surface area contributed by atoms with Gasteiger partial charge in [0.15, 0.2) is 11.6 Å². The molecule has 0 amide bonds. The molecular weight excluding hydrogens is 276 g/mol. The van der Waals surface area contributed by atoms with E-state index in [1.807, 2.05) is 6.08 Å². The van der Waals surface area contributed by atoms with Gasteiger partial charge in [0.05, 0.1) is 13.2 Å². The van der Waals surface area contributed by atoms with Crippen LogP contribution in [0.5, 0.6) is 0 Å². The Bertz CT molecular complexity index is 519. The Morgan fingerprint density at radius 2 is 1.82 bits per heavy atom. The van der Waals surface area contributed by atoms with E-state index < -0.39 is 5.79 Å². The third-order valence-electron chi connectivity index (χ3n) is 5.79. The molecule has 0 N–H and O–H groups in total. The molecular formula is C19H28O3. The van der Waals surface area contributed by atoms with Crippen molar-refractivity contribution in [2.24, 2.45) is 5.41 Å². The van der Waals surface area contributed by atoms with Crippen molar-refractivity contribution in [1.82, 2.24) is 0 Å². The highest BCUT2D eigenvalue weighted by atomic mass is 16.7. The van der Waals surface area contributed by atoms with Crippen molar-refractivity contribution < 1.29 is 14.3 Å². The van der Waals surface area contributed by atoms with Crippen molar-refractivity contribution >= 4 is 5.78 Å². The van der Waals surface area contributed by atoms with E-state index in [0.29, 0.717) is 19.0 Å². The molecule has 0 aromatic heterocycles. The van der Waals surface area contributed by atoms with Gasteiger partial charge in [-0.25, -0.2) is 0 Å². The van der Waals surface area contributed by atoms with Crippen LogP contribution in [0.15, 0.2) is 22.8 Å². The van der Waals surface area contributed by atoms with Gasteiger partial charge in [0, 0.05) is 18.3 Å². The molecule has 0 aromatic rings. The Morgan fingerprint density at radius 3 is 2.50 bits per heavy atom. The monoisotopic (exact) mass is 304 g/mol. The fraction of sp³-hybridized carbons (Fsp3) is 0.737. The Labute approximate surface area is 133 Å². The first-order valence-corrected chi connectivity index (χ1v) is 8.64. The SMILES string of the molecule is CC1=C(CCC2=CC(=O)CCC2)C(C)(C)C2(CC1)OCCO2. The molecule has 0 bridgehead atoms. The molecule has 0 aromatic carbocycles. The largest absolute Gasteiger partial charge is 0.347 e. The second kappa shape index (κ2) is 5.93. The highest BCUT2D eigenvalue weighted by Crippen LogP contribution is 2.53. The van der Waals surface area contributed by atoms with Crippen LogP contribution < -0.4 is 0 Å². The second-order valence-electron chi connectivity index (χ2n) is 7.46. The first-order chi connectivity index (χ1) is 10.4. The molecule has 0 saturated carbocycles. The van der Waals surface area contributed by atoms with Gasteiger partial charge in [-0.2, -0.15) is 0 Å². The molecule has 0 atom stereocenters. The van der Waals surface area contributed by atoms with Crippen molar-refractivity contribution in [2.45, 2.75) is 71.5 Å². The molecule has 3 rings (SSSR count). The molecule has 0 radical (unpaired) electrons. The summed E-state index contributed by atoms with van der Waals surface area (Å²) in [5, 5.41) is 0. The van der Waals surface area contributed by atoms with Gasteiger partial charge in [-0.3, -0.25) is 4.79 Å². The zero-order chi connectivity index (χ0) is 15.8. The third-order valence-corrected chi connectivity index (χ3v) is 5.79. The van der Waals surface area contributed by atoms with Crippen molar-refractivity contribution in [3.05, 3.63) is 22.8 Å². The lowest BCUT2D eigenvalue weighted by Gasteiger charge is -2.48. The molecule has 22 heavy (non-hydrogen) atoms. The van der Waals surface area contributed by atoms with Crippen molar-refractivity contribution in [1.29, 1.82) is 0 Å². The van der Waals surface area contributed by atoms with E-state index in [1.165, 1.54) is 16.7 Å².